The molecule has 1 aromatic heterocycles. The normalized spacial score (nSPS) is 23.4. The number of hydrogen-bond donors (Lipinski definition) is 1. The number of rotatable bonds is 5. The zero-order valence-corrected chi connectivity index (χ0v) is 11.9. The molecule has 1 heterocycles. The summed E-state index contributed by atoms with van der Waals surface area (Å²) in [5.74, 6) is 0. The summed E-state index contributed by atoms with van der Waals surface area (Å²) in [6, 6.07) is 5.25. The van der Waals surface area contributed by atoms with Crippen LogP contribution in [0, 0.1) is 0 Å². The smallest absolute Gasteiger partial charge is 0.0338 e. The van der Waals surface area contributed by atoms with Gasteiger partial charge in [0.05, 0.1) is 0 Å². The van der Waals surface area contributed by atoms with Gasteiger partial charge in [-0.15, -0.1) is 11.3 Å². The Morgan fingerprint density at radius 3 is 2.61 bits per heavy atom. The fourth-order valence-electron chi connectivity index (χ4n) is 3.46. The Morgan fingerprint density at radius 1 is 1.28 bits per heavy atom. The lowest BCUT2D eigenvalue weighted by atomic mass is 9.80. The van der Waals surface area contributed by atoms with Gasteiger partial charge in [0.2, 0.25) is 0 Å². The van der Waals surface area contributed by atoms with E-state index in [2.05, 4.69) is 22.4 Å². The first kappa shape index (κ1) is 12.6. The van der Waals surface area contributed by atoms with Gasteiger partial charge in [0.25, 0.3) is 0 Å². The molecule has 2 saturated carbocycles. The Bertz CT molecular complexity index is 364. The average Bonchev–Trinajstić information content (AvgIpc) is 3.13. The molecule has 2 aliphatic carbocycles. The maximum Gasteiger partial charge on any atom is 0.0338 e. The molecule has 0 aliphatic heterocycles. The van der Waals surface area contributed by atoms with Gasteiger partial charge in [-0.05, 0) is 37.1 Å². The molecule has 3 heteroatoms. The minimum absolute atomic E-state index is 0.309. The minimum atomic E-state index is 0.309. The van der Waals surface area contributed by atoms with Gasteiger partial charge in [0.15, 0.2) is 0 Å². The van der Waals surface area contributed by atoms with Crippen LogP contribution < -0.4 is 5.73 Å². The Hall–Kier alpha value is -0.380. The van der Waals surface area contributed by atoms with Crippen LogP contribution in [-0.2, 0) is 6.54 Å². The van der Waals surface area contributed by atoms with Crippen LogP contribution in [0.15, 0.2) is 17.5 Å². The molecular formula is C15H24N2S. The summed E-state index contributed by atoms with van der Waals surface area (Å²) in [6.45, 7) is 1.97. The van der Waals surface area contributed by atoms with Crippen molar-refractivity contribution in [2.24, 2.45) is 5.73 Å². The van der Waals surface area contributed by atoms with E-state index in [-0.39, 0.29) is 0 Å². The molecule has 0 radical (unpaired) electrons. The van der Waals surface area contributed by atoms with Gasteiger partial charge < -0.3 is 5.73 Å². The molecule has 2 N–H and O–H groups in total. The highest BCUT2D eigenvalue weighted by molar-refractivity contribution is 7.09. The van der Waals surface area contributed by atoms with Crippen molar-refractivity contribution in [1.82, 2.24) is 4.90 Å². The second kappa shape index (κ2) is 5.32. The maximum atomic E-state index is 6.20. The van der Waals surface area contributed by atoms with E-state index in [4.69, 9.17) is 5.73 Å². The van der Waals surface area contributed by atoms with Crippen molar-refractivity contribution in [1.29, 1.82) is 0 Å². The lowest BCUT2D eigenvalue weighted by Gasteiger charge is -2.46. The highest BCUT2D eigenvalue weighted by atomic mass is 32.1. The minimum Gasteiger partial charge on any atom is -0.329 e. The fraction of sp³-hybridized carbons (Fsp3) is 0.733. The Morgan fingerprint density at radius 2 is 2.06 bits per heavy atom. The number of thiophene rings is 1. The molecule has 0 amide bonds. The van der Waals surface area contributed by atoms with Crippen LogP contribution in [0.3, 0.4) is 0 Å². The van der Waals surface area contributed by atoms with E-state index in [0.29, 0.717) is 5.54 Å². The molecule has 3 rings (SSSR count). The van der Waals surface area contributed by atoms with Crippen molar-refractivity contribution in [3.63, 3.8) is 0 Å². The third kappa shape index (κ3) is 2.49. The van der Waals surface area contributed by atoms with Crippen LogP contribution in [0.5, 0.6) is 0 Å². The van der Waals surface area contributed by atoms with E-state index >= 15 is 0 Å². The third-order valence-electron chi connectivity index (χ3n) is 4.67. The van der Waals surface area contributed by atoms with Crippen molar-refractivity contribution in [2.45, 2.75) is 63.1 Å². The zero-order valence-electron chi connectivity index (χ0n) is 11.1. The van der Waals surface area contributed by atoms with Gasteiger partial charge in [0, 0.05) is 29.5 Å². The summed E-state index contributed by atoms with van der Waals surface area (Å²) < 4.78 is 0. The predicted octanol–water partition coefficient (Wildman–Crippen LogP) is 3.37. The number of hydrogen-bond acceptors (Lipinski definition) is 3. The number of nitrogens with zero attached hydrogens (tertiary/aromatic N) is 1. The van der Waals surface area contributed by atoms with Crippen molar-refractivity contribution in [3.05, 3.63) is 22.4 Å². The molecule has 1 aromatic rings. The van der Waals surface area contributed by atoms with Crippen LogP contribution in [0.2, 0.25) is 0 Å². The Labute approximate surface area is 114 Å². The van der Waals surface area contributed by atoms with Gasteiger partial charge >= 0.3 is 0 Å². The molecule has 0 aromatic carbocycles. The van der Waals surface area contributed by atoms with E-state index in [1.54, 1.807) is 0 Å². The molecule has 0 unspecified atom stereocenters. The summed E-state index contributed by atoms with van der Waals surface area (Å²) in [7, 11) is 0. The van der Waals surface area contributed by atoms with E-state index in [0.717, 1.165) is 19.1 Å². The van der Waals surface area contributed by atoms with Crippen molar-refractivity contribution >= 4 is 11.3 Å². The van der Waals surface area contributed by atoms with Crippen LogP contribution in [0.4, 0.5) is 0 Å². The molecule has 0 atom stereocenters. The third-order valence-corrected chi connectivity index (χ3v) is 5.53. The lowest BCUT2D eigenvalue weighted by Crippen LogP contribution is -2.55. The standard InChI is InChI=1S/C15H24N2S/c16-12-15(8-2-1-3-9-15)17(13-6-7-13)11-14-5-4-10-18-14/h4-5,10,13H,1-3,6-9,11-12,16H2. The van der Waals surface area contributed by atoms with Crippen molar-refractivity contribution in [2.75, 3.05) is 6.54 Å². The Balaban J connectivity index is 1.78. The summed E-state index contributed by atoms with van der Waals surface area (Å²) in [4.78, 5) is 4.26. The molecule has 18 heavy (non-hydrogen) atoms. The average molecular weight is 264 g/mol. The quantitative estimate of drug-likeness (QED) is 0.883. The topological polar surface area (TPSA) is 29.3 Å². The first-order chi connectivity index (χ1) is 8.84. The highest BCUT2D eigenvalue weighted by Crippen LogP contribution is 2.41. The first-order valence-corrected chi connectivity index (χ1v) is 8.21. The largest absolute Gasteiger partial charge is 0.329 e. The van der Waals surface area contributed by atoms with Crippen molar-refractivity contribution < 1.29 is 0 Å². The summed E-state index contributed by atoms with van der Waals surface area (Å²) >= 11 is 1.89. The lowest BCUT2D eigenvalue weighted by molar-refractivity contribution is 0.0425. The van der Waals surface area contributed by atoms with Crippen LogP contribution in [0.25, 0.3) is 0 Å². The van der Waals surface area contributed by atoms with E-state index in [1.165, 1.54) is 49.8 Å². The van der Waals surface area contributed by atoms with Gasteiger partial charge in [-0.25, -0.2) is 0 Å². The van der Waals surface area contributed by atoms with E-state index < -0.39 is 0 Å². The van der Waals surface area contributed by atoms with E-state index in [9.17, 15) is 0 Å². The molecule has 100 valence electrons. The molecule has 0 bridgehead atoms. The van der Waals surface area contributed by atoms with Crippen LogP contribution >= 0.6 is 11.3 Å². The molecule has 2 nitrogen and oxygen atoms in total. The second-order valence-corrected chi connectivity index (χ2v) is 6.96. The molecular weight excluding hydrogens is 240 g/mol. The monoisotopic (exact) mass is 264 g/mol. The fourth-order valence-corrected chi connectivity index (χ4v) is 4.16. The van der Waals surface area contributed by atoms with Gasteiger partial charge in [-0.3, -0.25) is 4.90 Å². The molecule has 2 fully saturated rings. The zero-order chi connectivity index (χ0) is 12.4. The second-order valence-electron chi connectivity index (χ2n) is 5.93. The van der Waals surface area contributed by atoms with E-state index in [1.807, 2.05) is 11.3 Å². The molecule has 0 saturated heterocycles. The maximum absolute atomic E-state index is 6.20. The van der Waals surface area contributed by atoms with Crippen LogP contribution in [0.1, 0.15) is 49.8 Å². The predicted molar refractivity (Wildman–Crippen MR) is 77.8 cm³/mol. The summed E-state index contributed by atoms with van der Waals surface area (Å²) in [6.07, 6.45) is 9.52. The summed E-state index contributed by atoms with van der Waals surface area (Å²) in [5, 5.41) is 2.19. The van der Waals surface area contributed by atoms with Gasteiger partial charge in [0.1, 0.15) is 0 Å². The summed E-state index contributed by atoms with van der Waals surface area (Å²) in [5.41, 5.74) is 6.50. The highest BCUT2D eigenvalue weighted by Gasteiger charge is 2.43. The van der Waals surface area contributed by atoms with Gasteiger partial charge in [-0.2, -0.15) is 0 Å². The first-order valence-electron chi connectivity index (χ1n) is 7.33. The van der Waals surface area contributed by atoms with Crippen molar-refractivity contribution in [3.8, 4) is 0 Å². The van der Waals surface area contributed by atoms with Gasteiger partial charge in [-0.1, -0.05) is 25.3 Å². The number of nitrogens with two attached hydrogens (primary N) is 1. The Kier molecular flexibility index (Phi) is 3.73. The SMILES string of the molecule is NCC1(N(Cc2cccs2)C2CC2)CCCCC1. The van der Waals surface area contributed by atoms with Crippen LogP contribution in [-0.4, -0.2) is 23.0 Å². The molecule has 2 aliphatic rings. The molecule has 0 spiro atoms.